The third-order valence-electron chi connectivity index (χ3n) is 5.33. The van der Waals surface area contributed by atoms with Crippen molar-refractivity contribution < 1.29 is 13.2 Å². The number of carbonyl (C=O) groups is 1. The van der Waals surface area contributed by atoms with E-state index in [1.165, 1.54) is 23.4 Å². The molecule has 3 aromatic rings. The van der Waals surface area contributed by atoms with Crippen LogP contribution >= 0.6 is 0 Å². The second-order valence-corrected chi connectivity index (χ2v) is 8.91. The van der Waals surface area contributed by atoms with Gasteiger partial charge in [0.1, 0.15) is 0 Å². The summed E-state index contributed by atoms with van der Waals surface area (Å²) >= 11 is 0. The van der Waals surface area contributed by atoms with Crippen LogP contribution in [0.15, 0.2) is 77.8 Å². The third kappa shape index (κ3) is 4.46. The molecule has 156 valence electrons. The molecule has 0 spiro atoms. The fraction of sp³-hybridized carbons (Fsp3) is 0.227. The van der Waals surface area contributed by atoms with Crippen molar-refractivity contribution >= 4 is 21.6 Å². The summed E-state index contributed by atoms with van der Waals surface area (Å²) in [6.45, 7) is 2.31. The van der Waals surface area contributed by atoms with Gasteiger partial charge in [-0.25, -0.2) is 13.6 Å². The van der Waals surface area contributed by atoms with Crippen LogP contribution in [-0.4, -0.2) is 36.9 Å². The van der Waals surface area contributed by atoms with Gasteiger partial charge in [-0.3, -0.25) is 9.69 Å². The van der Waals surface area contributed by atoms with Crippen molar-refractivity contribution in [3.63, 3.8) is 0 Å². The summed E-state index contributed by atoms with van der Waals surface area (Å²) in [6.07, 6.45) is 2.39. The first kappa shape index (κ1) is 20.3. The number of amides is 1. The Balaban J connectivity index is 1.46. The highest BCUT2D eigenvalue weighted by Crippen LogP contribution is 2.32. The van der Waals surface area contributed by atoms with Crippen LogP contribution in [-0.2, 0) is 21.4 Å². The minimum Gasteiger partial charge on any atom is -0.348 e. The van der Waals surface area contributed by atoms with E-state index in [1.54, 1.807) is 12.1 Å². The van der Waals surface area contributed by atoms with E-state index in [9.17, 15) is 13.2 Å². The van der Waals surface area contributed by atoms with Gasteiger partial charge in [0.25, 0.3) is 0 Å². The summed E-state index contributed by atoms with van der Waals surface area (Å²) in [5.41, 5.74) is 2.82. The van der Waals surface area contributed by atoms with Crippen molar-refractivity contribution in [2.75, 3.05) is 18.4 Å². The zero-order valence-corrected chi connectivity index (χ0v) is 17.3. The average molecular weight is 425 g/mol. The van der Waals surface area contributed by atoms with Crippen LogP contribution < -0.4 is 10.5 Å². The van der Waals surface area contributed by atoms with Crippen molar-refractivity contribution in [1.82, 2.24) is 9.47 Å². The van der Waals surface area contributed by atoms with E-state index < -0.39 is 10.0 Å². The van der Waals surface area contributed by atoms with Crippen LogP contribution in [0.4, 0.5) is 5.69 Å². The number of hydrogen-bond donors (Lipinski definition) is 2. The van der Waals surface area contributed by atoms with Crippen molar-refractivity contribution in [2.45, 2.75) is 23.9 Å². The van der Waals surface area contributed by atoms with E-state index in [1.807, 2.05) is 18.2 Å². The van der Waals surface area contributed by atoms with Gasteiger partial charge in [-0.2, -0.15) is 0 Å². The first-order valence-electron chi connectivity index (χ1n) is 9.78. The molecule has 0 aliphatic carbocycles. The topological polar surface area (TPSA) is 97.4 Å². The van der Waals surface area contributed by atoms with E-state index in [0.717, 1.165) is 13.1 Å². The summed E-state index contributed by atoms with van der Waals surface area (Å²) in [6, 6.07) is 20.5. The Morgan fingerprint density at radius 2 is 1.83 bits per heavy atom. The van der Waals surface area contributed by atoms with Gasteiger partial charge in [-0.15, -0.1) is 0 Å². The molecule has 4 rings (SSSR count). The Morgan fingerprint density at radius 1 is 1.03 bits per heavy atom. The highest BCUT2D eigenvalue weighted by molar-refractivity contribution is 7.89. The van der Waals surface area contributed by atoms with Crippen LogP contribution in [0, 0.1) is 0 Å². The number of rotatable bonds is 6. The quantitative estimate of drug-likeness (QED) is 0.635. The van der Waals surface area contributed by atoms with Gasteiger partial charge < -0.3 is 9.88 Å². The molecule has 1 aliphatic heterocycles. The van der Waals surface area contributed by atoms with Crippen LogP contribution in [0.2, 0.25) is 0 Å². The summed E-state index contributed by atoms with van der Waals surface area (Å²) in [5, 5.41) is 7.94. The Labute approximate surface area is 176 Å². The highest BCUT2D eigenvalue weighted by Gasteiger charge is 2.28. The number of benzene rings is 2. The number of aromatic nitrogens is 1. The van der Waals surface area contributed by atoms with Crippen molar-refractivity contribution in [3.8, 4) is 0 Å². The van der Waals surface area contributed by atoms with Crippen LogP contribution in [0.5, 0.6) is 0 Å². The summed E-state index contributed by atoms with van der Waals surface area (Å²) < 4.78 is 25.3. The van der Waals surface area contributed by atoms with Crippen LogP contribution in [0.25, 0.3) is 0 Å². The molecule has 1 unspecified atom stereocenters. The molecule has 0 radical (unpaired) electrons. The van der Waals surface area contributed by atoms with Gasteiger partial charge >= 0.3 is 0 Å². The molecule has 2 aromatic carbocycles. The number of carbonyl (C=O) groups excluding carboxylic acids is 1. The Hall–Kier alpha value is -2.94. The van der Waals surface area contributed by atoms with Crippen LogP contribution in [0.1, 0.15) is 23.7 Å². The summed E-state index contributed by atoms with van der Waals surface area (Å²) in [5.74, 6) is -0.172. The molecule has 2 heterocycles. The molecule has 0 fully saturated rings. The van der Waals surface area contributed by atoms with Gasteiger partial charge in [0.2, 0.25) is 15.9 Å². The van der Waals surface area contributed by atoms with E-state index in [0.29, 0.717) is 18.7 Å². The normalized spacial score (nSPS) is 16.8. The molecule has 1 aromatic heterocycles. The van der Waals surface area contributed by atoms with Gasteiger partial charge in [0.05, 0.1) is 10.9 Å². The van der Waals surface area contributed by atoms with Gasteiger partial charge in [-0.05, 0) is 35.9 Å². The Bertz CT molecular complexity index is 1140. The number of nitrogens with two attached hydrogens (primary N) is 1. The molecule has 1 aliphatic rings. The molecule has 30 heavy (non-hydrogen) atoms. The van der Waals surface area contributed by atoms with Crippen molar-refractivity contribution in [3.05, 3.63) is 84.2 Å². The molecule has 7 nitrogen and oxygen atoms in total. The number of nitrogens with zero attached hydrogens (tertiary/aromatic N) is 2. The molecule has 0 saturated carbocycles. The third-order valence-corrected chi connectivity index (χ3v) is 6.24. The number of hydrogen-bond acceptors (Lipinski definition) is 4. The molecular weight excluding hydrogens is 400 g/mol. The Kier molecular flexibility index (Phi) is 5.72. The lowest BCUT2D eigenvalue weighted by molar-refractivity contribution is -0.116. The number of sulfonamides is 1. The molecule has 1 amide bonds. The minimum atomic E-state index is -3.81. The van der Waals surface area contributed by atoms with E-state index >= 15 is 0 Å². The smallest absolute Gasteiger partial charge is 0.238 e. The SMILES string of the molecule is NS(=O)(=O)c1cccc(NC(=O)CCN2CCn3cccc3C2c2ccccc2)c1. The van der Waals surface area contributed by atoms with Gasteiger partial charge in [0.15, 0.2) is 0 Å². The zero-order chi connectivity index (χ0) is 21.1. The molecule has 3 N–H and O–H groups in total. The fourth-order valence-electron chi connectivity index (χ4n) is 3.91. The summed E-state index contributed by atoms with van der Waals surface area (Å²) in [7, 11) is -3.81. The predicted molar refractivity (Wildman–Crippen MR) is 115 cm³/mol. The average Bonchev–Trinajstić information content (AvgIpc) is 3.21. The lowest BCUT2D eigenvalue weighted by Crippen LogP contribution is -2.39. The first-order chi connectivity index (χ1) is 14.4. The highest BCUT2D eigenvalue weighted by atomic mass is 32.2. The molecule has 0 saturated heterocycles. The number of nitrogens with one attached hydrogen (secondary N) is 1. The van der Waals surface area contributed by atoms with E-state index in [4.69, 9.17) is 5.14 Å². The fourth-order valence-corrected chi connectivity index (χ4v) is 4.47. The number of fused-ring (bicyclic) bond motifs is 1. The predicted octanol–water partition coefficient (Wildman–Crippen LogP) is 2.57. The largest absolute Gasteiger partial charge is 0.348 e. The lowest BCUT2D eigenvalue weighted by atomic mass is 10.00. The van der Waals surface area contributed by atoms with Crippen LogP contribution in [0.3, 0.4) is 0 Å². The van der Waals surface area contributed by atoms with Crippen molar-refractivity contribution in [2.24, 2.45) is 5.14 Å². The van der Waals surface area contributed by atoms with E-state index in [2.05, 4.69) is 45.2 Å². The van der Waals surface area contributed by atoms with E-state index in [-0.39, 0.29) is 16.8 Å². The second-order valence-electron chi connectivity index (χ2n) is 7.35. The molecule has 0 bridgehead atoms. The molecule has 1 atom stereocenters. The second kappa shape index (κ2) is 8.43. The van der Waals surface area contributed by atoms with Gasteiger partial charge in [0, 0.05) is 43.6 Å². The molecular formula is C22H24N4O3S. The monoisotopic (exact) mass is 424 g/mol. The first-order valence-corrected chi connectivity index (χ1v) is 11.3. The maximum absolute atomic E-state index is 12.5. The Morgan fingerprint density at radius 3 is 2.60 bits per heavy atom. The zero-order valence-electron chi connectivity index (χ0n) is 16.4. The molecule has 8 heteroatoms. The maximum Gasteiger partial charge on any atom is 0.238 e. The van der Waals surface area contributed by atoms with Crippen molar-refractivity contribution in [1.29, 1.82) is 0 Å². The number of primary sulfonamides is 1. The minimum absolute atomic E-state index is 0.0266. The summed E-state index contributed by atoms with van der Waals surface area (Å²) in [4.78, 5) is 14.8. The number of anilines is 1. The van der Waals surface area contributed by atoms with Gasteiger partial charge in [-0.1, -0.05) is 36.4 Å². The lowest BCUT2D eigenvalue weighted by Gasteiger charge is -2.37. The maximum atomic E-state index is 12.5. The standard InChI is InChI=1S/C22H24N4O3S/c23-30(28,29)19-9-4-8-18(16-19)24-21(27)11-13-26-15-14-25-12-5-10-20(25)22(26)17-6-2-1-3-7-17/h1-10,12,16,22H,11,13-15H2,(H,24,27)(H2,23,28,29).